The smallest absolute Gasteiger partial charge is 0.220 e. The summed E-state index contributed by atoms with van der Waals surface area (Å²) in [4.78, 5) is 11.9. The average Bonchev–Trinajstić information content (AvgIpc) is 3.05. The van der Waals surface area contributed by atoms with Gasteiger partial charge in [0, 0.05) is 13.0 Å². The molecular formula is C17H23NO4. The number of amides is 1. The number of hydrogen-bond donors (Lipinski definition) is 2. The third kappa shape index (κ3) is 3.71. The summed E-state index contributed by atoms with van der Waals surface area (Å²) < 4.78 is 11.0. The van der Waals surface area contributed by atoms with Crippen LogP contribution in [-0.2, 0) is 4.79 Å². The molecule has 1 aromatic rings. The Kier molecular flexibility index (Phi) is 4.83. The van der Waals surface area contributed by atoms with Crippen LogP contribution in [0, 0.1) is 5.92 Å². The SMILES string of the molecule is O=C(CC1CCCC1)NCC(O)c1ccc2c(c1)OCCO2. The third-order valence-corrected chi connectivity index (χ3v) is 4.39. The molecule has 1 saturated carbocycles. The molecule has 0 spiro atoms. The van der Waals surface area contributed by atoms with E-state index in [-0.39, 0.29) is 12.5 Å². The maximum Gasteiger partial charge on any atom is 0.220 e. The van der Waals surface area contributed by atoms with Crippen molar-refractivity contribution in [1.29, 1.82) is 0 Å². The van der Waals surface area contributed by atoms with Crippen LogP contribution in [0.5, 0.6) is 11.5 Å². The quantitative estimate of drug-likeness (QED) is 0.875. The van der Waals surface area contributed by atoms with Crippen LogP contribution >= 0.6 is 0 Å². The summed E-state index contributed by atoms with van der Waals surface area (Å²) in [7, 11) is 0. The lowest BCUT2D eigenvalue weighted by atomic mass is 10.0. The Labute approximate surface area is 130 Å². The predicted molar refractivity (Wildman–Crippen MR) is 82.0 cm³/mol. The molecule has 0 radical (unpaired) electrons. The van der Waals surface area contributed by atoms with Gasteiger partial charge >= 0.3 is 0 Å². The summed E-state index contributed by atoms with van der Waals surface area (Å²) in [5.41, 5.74) is 0.727. The zero-order valence-electron chi connectivity index (χ0n) is 12.7. The van der Waals surface area contributed by atoms with Gasteiger partial charge in [0.05, 0.1) is 6.10 Å². The van der Waals surface area contributed by atoms with E-state index in [1.165, 1.54) is 12.8 Å². The highest BCUT2D eigenvalue weighted by Crippen LogP contribution is 2.32. The molecule has 0 aromatic heterocycles. The number of hydrogen-bond acceptors (Lipinski definition) is 4. The standard InChI is InChI=1S/C17H23NO4/c19-14(11-18-17(20)9-12-3-1-2-4-12)13-5-6-15-16(10-13)22-8-7-21-15/h5-6,10,12,14,19H,1-4,7-9,11H2,(H,18,20). The monoisotopic (exact) mass is 305 g/mol. The largest absolute Gasteiger partial charge is 0.486 e. The van der Waals surface area contributed by atoms with E-state index in [2.05, 4.69) is 5.32 Å². The summed E-state index contributed by atoms with van der Waals surface area (Å²) in [6.45, 7) is 1.29. The molecule has 22 heavy (non-hydrogen) atoms. The molecule has 1 fully saturated rings. The molecule has 3 rings (SSSR count). The molecule has 1 aliphatic heterocycles. The van der Waals surface area contributed by atoms with E-state index in [0.717, 1.165) is 18.4 Å². The zero-order valence-corrected chi connectivity index (χ0v) is 12.7. The Morgan fingerprint density at radius 2 is 1.95 bits per heavy atom. The topological polar surface area (TPSA) is 67.8 Å². The van der Waals surface area contributed by atoms with Crippen LogP contribution in [0.25, 0.3) is 0 Å². The summed E-state index contributed by atoms with van der Waals surface area (Å²) in [5.74, 6) is 1.91. The van der Waals surface area contributed by atoms with E-state index in [4.69, 9.17) is 9.47 Å². The van der Waals surface area contributed by atoms with Crippen molar-refractivity contribution in [2.24, 2.45) is 5.92 Å². The molecule has 1 aliphatic carbocycles. The molecule has 1 atom stereocenters. The molecule has 120 valence electrons. The number of ether oxygens (including phenoxy) is 2. The second kappa shape index (κ2) is 7.01. The van der Waals surface area contributed by atoms with Gasteiger partial charge in [-0.3, -0.25) is 4.79 Å². The highest BCUT2D eigenvalue weighted by Gasteiger charge is 2.20. The van der Waals surface area contributed by atoms with Crippen LogP contribution < -0.4 is 14.8 Å². The zero-order chi connectivity index (χ0) is 15.4. The van der Waals surface area contributed by atoms with E-state index >= 15 is 0 Å². The first kappa shape index (κ1) is 15.2. The van der Waals surface area contributed by atoms with Gasteiger partial charge in [-0.25, -0.2) is 0 Å². The molecular weight excluding hydrogens is 282 g/mol. The first-order chi connectivity index (χ1) is 10.7. The average molecular weight is 305 g/mol. The van der Waals surface area contributed by atoms with Crippen LogP contribution in [0.3, 0.4) is 0 Å². The first-order valence-corrected chi connectivity index (χ1v) is 8.06. The number of fused-ring (bicyclic) bond motifs is 1. The molecule has 2 aliphatic rings. The highest BCUT2D eigenvalue weighted by atomic mass is 16.6. The van der Waals surface area contributed by atoms with Crippen LogP contribution in [-0.4, -0.2) is 30.8 Å². The predicted octanol–water partition coefficient (Wildman–Crippen LogP) is 2.19. The Hall–Kier alpha value is -1.75. The van der Waals surface area contributed by atoms with Gasteiger partial charge in [-0.05, 0) is 36.5 Å². The summed E-state index contributed by atoms with van der Waals surface area (Å²) >= 11 is 0. The minimum absolute atomic E-state index is 0.0310. The lowest BCUT2D eigenvalue weighted by Crippen LogP contribution is -2.29. The maximum atomic E-state index is 11.9. The fourth-order valence-electron chi connectivity index (χ4n) is 3.14. The third-order valence-electron chi connectivity index (χ3n) is 4.39. The van der Waals surface area contributed by atoms with Crippen LogP contribution in [0.2, 0.25) is 0 Å². The number of benzene rings is 1. The second-order valence-corrected chi connectivity index (χ2v) is 6.08. The number of aliphatic hydroxyl groups excluding tert-OH is 1. The first-order valence-electron chi connectivity index (χ1n) is 8.06. The van der Waals surface area contributed by atoms with E-state index in [1.807, 2.05) is 0 Å². The summed E-state index contributed by atoms with van der Waals surface area (Å²) in [6.07, 6.45) is 4.61. The normalized spacial score (nSPS) is 19.0. The van der Waals surface area contributed by atoms with Crippen molar-refractivity contribution in [1.82, 2.24) is 5.32 Å². The molecule has 1 heterocycles. The van der Waals surface area contributed by atoms with Crippen LogP contribution in [0.15, 0.2) is 18.2 Å². The van der Waals surface area contributed by atoms with E-state index in [0.29, 0.717) is 37.1 Å². The Morgan fingerprint density at radius 3 is 2.73 bits per heavy atom. The number of carbonyl (C=O) groups is 1. The van der Waals surface area contributed by atoms with E-state index < -0.39 is 6.10 Å². The van der Waals surface area contributed by atoms with Crippen LogP contribution in [0.1, 0.15) is 43.8 Å². The van der Waals surface area contributed by atoms with Gasteiger partial charge in [0.1, 0.15) is 13.2 Å². The molecule has 1 amide bonds. The fraction of sp³-hybridized carbons (Fsp3) is 0.588. The van der Waals surface area contributed by atoms with Crippen molar-refractivity contribution < 1.29 is 19.4 Å². The molecule has 2 N–H and O–H groups in total. The second-order valence-electron chi connectivity index (χ2n) is 6.08. The minimum Gasteiger partial charge on any atom is -0.486 e. The molecule has 0 bridgehead atoms. The lowest BCUT2D eigenvalue weighted by molar-refractivity contribution is -0.122. The number of carbonyl (C=O) groups excluding carboxylic acids is 1. The van der Waals surface area contributed by atoms with Gasteiger partial charge in [-0.2, -0.15) is 0 Å². The molecule has 5 heteroatoms. The van der Waals surface area contributed by atoms with E-state index in [1.54, 1.807) is 18.2 Å². The Bertz CT molecular complexity index is 525. The minimum atomic E-state index is -0.733. The highest BCUT2D eigenvalue weighted by molar-refractivity contribution is 5.76. The number of rotatable bonds is 5. The van der Waals surface area contributed by atoms with Gasteiger partial charge in [-0.1, -0.05) is 18.9 Å². The van der Waals surface area contributed by atoms with Crippen LogP contribution in [0.4, 0.5) is 0 Å². The number of aliphatic hydroxyl groups is 1. The van der Waals surface area contributed by atoms with E-state index in [9.17, 15) is 9.90 Å². The lowest BCUT2D eigenvalue weighted by Gasteiger charge is -2.20. The fourth-order valence-corrected chi connectivity index (χ4v) is 3.14. The molecule has 5 nitrogen and oxygen atoms in total. The van der Waals surface area contributed by atoms with Crippen molar-refractivity contribution in [3.05, 3.63) is 23.8 Å². The summed E-state index contributed by atoms with van der Waals surface area (Å²) in [5, 5.41) is 13.0. The van der Waals surface area contributed by atoms with Crippen molar-refractivity contribution in [2.45, 2.75) is 38.2 Å². The molecule has 1 unspecified atom stereocenters. The Balaban J connectivity index is 1.50. The van der Waals surface area contributed by atoms with Crippen molar-refractivity contribution in [3.8, 4) is 11.5 Å². The molecule has 1 aromatic carbocycles. The van der Waals surface area contributed by atoms with Gasteiger partial charge in [0.2, 0.25) is 5.91 Å². The maximum absolute atomic E-state index is 11.9. The summed E-state index contributed by atoms with van der Waals surface area (Å²) in [6, 6.07) is 5.39. The number of nitrogens with one attached hydrogen (secondary N) is 1. The van der Waals surface area contributed by atoms with Gasteiger partial charge in [-0.15, -0.1) is 0 Å². The van der Waals surface area contributed by atoms with Crippen molar-refractivity contribution in [3.63, 3.8) is 0 Å². The van der Waals surface area contributed by atoms with Gasteiger partial charge in [0.15, 0.2) is 11.5 Å². The Morgan fingerprint density at radius 1 is 1.23 bits per heavy atom. The van der Waals surface area contributed by atoms with Crippen molar-refractivity contribution >= 4 is 5.91 Å². The van der Waals surface area contributed by atoms with Gasteiger partial charge in [0.25, 0.3) is 0 Å². The molecule has 0 saturated heterocycles. The van der Waals surface area contributed by atoms with Crippen molar-refractivity contribution in [2.75, 3.05) is 19.8 Å². The van der Waals surface area contributed by atoms with Gasteiger partial charge < -0.3 is 19.9 Å².